The molecule has 114 valence electrons. The number of benzene rings is 2. The fourth-order valence-corrected chi connectivity index (χ4v) is 3.56. The molecular weight excluding hydrogens is 301 g/mol. The highest BCUT2D eigenvalue weighted by atomic mass is 32.2. The third kappa shape index (κ3) is 3.60. The van der Waals surface area contributed by atoms with Gasteiger partial charge in [0.05, 0.1) is 6.04 Å². The number of halogens is 1. The Morgan fingerprint density at radius 1 is 1.27 bits per heavy atom. The van der Waals surface area contributed by atoms with Gasteiger partial charge in [-0.1, -0.05) is 24.3 Å². The van der Waals surface area contributed by atoms with Crippen molar-refractivity contribution in [2.24, 2.45) is 0 Å². The van der Waals surface area contributed by atoms with Crippen molar-refractivity contribution >= 4 is 17.7 Å². The van der Waals surface area contributed by atoms with Crippen molar-refractivity contribution in [3.63, 3.8) is 0 Å². The summed E-state index contributed by atoms with van der Waals surface area (Å²) in [5.74, 6) is 0.758. The first-order valence-corrected chi connectivity index (χ1v) is 8.10. The summed E-state index contributed by atoms with van der Waals surface area (Å²) in [6, 6.07) is 13.9. The molecule has 0 radical (unpaired) electrons. The summed E-state index contributed by atoms with van der Waals surface area (Å²) >= 11 is 1.81. The zero-order valence-electron chi connectivity index (χ0n) is 11.9. The van der Waals surface area contributed by atoms with Crippen molar-refractivity contribution in [2.45, 2.75) is 17.4 Å². The van der Waals surface area contributed by atoms with Crippen LogP contribution in [0.3, 0.4) is 0 Å². The average molecular weight is 317 g/mol. The van der Waals surface area contributed by atoms with Gasteiger partial charge in [0, 0.05) is 16.7 Å². The van der Waals surface area contributed by atoms with E-state index in [0.717, 1.165) is 17.7 Å². The Morgan fingerprint density at radius 3 is 3.00 bits per heavy atom. The SMILES string of the molecule is O=C(COc1cccc(F)c1)N[C@@H]1CCSc2ccccc21. The van der Waals surface area contributed by atoms with E-state index in [9.17, 15) is 9.18 Å². The number of carbonyl (C=O) groups excluding carboxylic acids is 1. The molecule has 1 N–H and O–H groups in total. The van der Waals surface area contributed by atoms with Gasteiger partial charge in [-0.3, -0.25) is 4.79 Å². The zero-order chi connectivity index (χ0) is 15.4. The van der Waals surface area contributed by atoms with Crippen molar-refractivity contribution in [1.82, 2.24) is 5.32 Å². The third-order valence-electron chi connectivity index (χ3n) is 3.46. The molecule has 2 aromatic rings. The van der Waals surface area contributed by atoms with Crippen LogP contribution >= 0.6 is 11.8 Å². The molecule has 0 aromatic heterocycles. The van der Waals surface area contributed by atoms with E-state index in [4.69, 9.17) is 4.74 Å². The minimum absolute atomic E-state index is 0.0149. The van der Waals surface area contributed by atoms with Crippen molar-refractivity contribution < 1.29 is 13.9 Å². The summed E-state index contributed by atoms with van der Waals surface area (Å²) in [6.07, 6.45) is 0.896. The van der Waals surface area contributed by atoms with E-state index >= 15 is 0 Å². The Balaban J connectivity index is 1.59. The molecule has 0 unspecified atom stereocenters. The summed E-state index contributed by atoms with van der Waals surface area (Å²) < 4.78 is 18.4. The predicted octanol–water partition coefficient (Wildman–Crippen LogP) is 3.56. The lowest BCUT2D eigenvalue weighted by molar-refractivity contribution is -0.123. The quantitative estimate of drug-likeness (QED) is 0.937. The van der Waals surface area contributed by atoms with E-state index in [1.54, 1.807) is 12.1 Å². The zero-order valence-corrected chi connectivity index (χ0v) is 12.7. The molecule has 1 aliphatic rings. The highest BCUT2D eigenvalue weighted by Crippen LogP contribution is 2.35. The van der Waals surface area contributed by atoms with E-state index in [0.29, 0.717) is 5.75 Å². The van der Waals surface area contributed by atoms with Gasteiger partial charge in [-0.2, -0.15) is 0 Å². The number of nitrogens with one attached hydrogen (secondary N) is 1. The molecule has 0 saturated heterocycles. The smallest absolute Gasteiger partial charge is 0.258 e. The minimum Gasteiger partial charge on any atom is -0.484 e. The average Bonchev–Trinajstić information content (AvgIpc) is 2.53. The number of hydrogen-bond donors (Lipinski definition) is 1. The number of thioether (sulfide) groups is 1. The van der Waals surface area contributed by atoms with Crippen LogP contribution in [0.5, 0.6) is 5.75 Å². The van der Waals surface area contributed by atoms with Crippen molar-refractivity contribution in [3.05, 3.63) is 59.9 Å². The maximum atomic E-state index is 13.0. The lowest BCUT2D eigenvalue weighted by Gasteiger charge is -2.25. The molecule has 0 fully saturated rings. The Hall–Kier alpha value is -2.01. The standard InChI is InChI=1S/C17H16FNO2S/c18-12-4-3-5-13(10-12)21-11-17(20)19-15-8-9-22-16-7-2-1-6-14(15)16/h1-7,10,15H,8-9,11H2,(H,19,20)/t15-/m1/s1. The van der Waals surface area contributed by atoms with Crippen molar-refractivity contribution in [3.8, 4) is 5.75 Å². The molecule has 5 heteroatoms. The first-order chi connectivity index (χ1) is 10.7. The molecule has 1 amide bonds. The number of carbonyl (C=O) groups is 1. The van der Waals surface area contributed by atoms with Gasteiger partial charge in [-0.25, -0.2) is 4.39 Å². The molecular formula is C17H16FNO2S. The first-order valence-electron chi connectivity index (χ1n) is 7.12. The van der Waals surface area contributed by atoms with Gasteiger partial charge in [0.15, 0.2) is 6.61 Å². The van der Waals surface area contributed by atoms with Crippen LogP contribution in [0.15, 0.2) is 53.4 Å². The number of rotatable bonds is 4. The van der Waals surface area contributed by atoms with Gasteiger partial charge < -0.3 is 10.1 Å². The summed E-state index contributed by atoms with van der Waals surface area (Å²) in [6.45, 7) is -0.116. The van der Waals surface area contributed by atoms with Gasteiger partial charge in [0.1, 0.15) is 11.6 Å². The largest absolute Gasteiger partial charge is 0.484 e. The van der Waals surface area contributed by atoms with Crippen LogP contribution in [-0.4, -0.2) is 18.3 Å². The fourth-order valence-electron chi connectivity index (χ4n) is 2.43. The maximum Gasteiger partial charge on any atom is 0.258 e. The monoisotopic (exact) mass is 317 g/mol. The summed E-state index contributed by atoms with van der Waals surface area (Å²) in [4.78, 5) is 13.3. The Kier molecular flexibility index (Phi) is 4.63. The van der Waals surface area contributed by atoms with E-state index in [-0.39, 0.29) is 24.4 Å². The molecule has 3 rings (SSSR count). The Morgan fingerprint density at radius 2 is 2.14 bits per heavy atom. The summed E-state index contributed by atoms with van der Waals surface area (Å²) in [5, 5.41) is 2.99. The molecule has 0 bridgehead atoms. The van der Waals surface area contributed by atoms with Crippen LogP contribution in [0.1, 0.15) is 18.0 Å². The van der Waals surface area contributed by atoms with Crippen LogP contribution in [0.2, 0.25) is 0 Å². The van der Waals surface area contributed by atoms with E-state index in [1.165, 1.54) is 17.0 Å². The second-order valence-electron chi connectivity index (χ2n) is 5.04. The molecule has 0 aliphatic carbocycles. The van der Waals surface area contributed by atoms with Crippen LogP contribution in [0.25, 0.3) is 0 Å². The molecule has 1 heterocycles. The number of ether oxygens (including phenoxy) is 1. The molecule has 3 nitrogen and oxygen atoms in total. The molecule has 0 spiro atoms. The second-order valence-corrected chi connectivity index (χ2v) is 6.18. The van der Waals surface area contributed by atoms with E-state index < -0.39 is 0 Å². The van der Waals surface area contributed by atoms with Crippen LogP contribution in [0, 0.1) is 5.82 Å². The van der Waals surface area contributed by atoms with Gasteiger partial charge in [0.2, 0.25) is 0 Å². The second kappa shape index (κ2) is 6.83. The van der Waals surface area contributed by atoms with Gasteiger partial charge in [0.25, 0.3) is 5.91 Å². The van der Waals surface area contributed by atoms with Gasteiger partial charge >= 0.3 is 0 Å². The summed E-state index contributed by atoms with van der Waals surface area (Å²) in [5.41, 5.74) is 1.15. The van der Waals surface area contributed by atoms with Crippen LogP contribution in [-0.2, 0) is 4.79 Å². The fraction of sp³-hybridized carbons (Fsp3) is 0.235. The molecule has 1 aliphatic heterocycles. The van der Waals surface area contributed by atoms with E-state index in [2.05, 4.69) is 11.4 Å². The summed E-state index contributed by atoms with van der Waals surface area (Å²) in [7, 11) is 0. The van der Waals surface area contributed by atoms with E-state index in [1.807, 2.05) is 30.0 Å². The highest BCUT2D eigenvalue weighted by Gasteiger charge is 2.21. The maximum absolute atomic E-state index is 13.0. The molecule has 2 aromatic carbocycles. The third-order valence-corrected chi connectivity index (χ3v) is 4.58. The lowest BCUT2D eigenvalue weighted by atomic mass is 10.0. The van der Waals surface area contributed by atoms with Gasteiger partial charge in [-0.05, 0) is 30.2 Å². The Labute approximate surface area is 132 Å². The lowest BCUT2D eigenvalue weighted by Crippen LogP contribution is -2.34. The Bertz CT molecular complexity index is 677. The van der Waals surface area contributed by atoms with Crippen molar-refractivity contribution in [1.29, 1.82) is 0 Å². The molecule has 1 atom stereocenters. The topological polar surface area (TPSA) is 38.3 Å². The number of fused-ring (bicyclic) bond motifs is 1. The minimum atomic E-state index is -0.379. The van der Waals surface area contributed by atoms with Gasteiger partial charge in [-0.15, -0.1) is 11.8 Å². The molecule has 22 heavy (non-hydrogen) atoms. The predicted molar refractivity (Wildman–Crippen MR) is 84.6 cm³/mol. The number of amides is 1. The first kappa shape index (κ1) is 14.9. The normalized spacial score (nSPS) is 16.7. The van der Waals surface area contributed by atoms with Crippen LogP contribution < -0.4 is 10.1 Å². The molecule has 0 saturated carbocycles. The van der Waals surface area contributed by atoms with Crippen molar-refractivity contribution in [2.75, 3.05) is 12.4 Å². The highest BCUT2D eigenvalue weighted by molar-refractivity contribution is 7.99. The number of hydrogen-bond acceptors (Lipinski definition) is 3. The van der Waals surface area contributed by atoms with Crippen LogP contribution in [0.4, 0.5) is 4.39 Å².